The van der Waals surface area contributed by atoms with E-state index in [4.69, 9.17) is 16.9 Å². The Kier molecular flexibility index (Phi) is 3.13. The monoisotopic (exact) mass is 137 g/mol. The van der Waals surface area contributed by atoms with Crippen LogP contribution < -0.4 is 0 Å². The van der Waals surface area contributed by atoms with Gasteiger partial charge in [-0.25, -0.2) is 0 Å². The van der Waals surface area contributed by atoms with Crippen molar-refractivity contribution >= 4 is 11.6 Å². The molecule has 0 aliphatic carbocycles. The molecule has 0 atom stereocenters. The lowest BCUT2D eigenvalue weighted by Gasteiger charge is -1.81. The van der Waals surface area contributed by atoms with Crippen LogP contribution in [-0.2, 0) is 0 Å². The van der Waals surface area contributed by atoms with Crippen LogP contribution >= 0.6 is 11.6 Å². The summed E-state index contributed by atoms with van der Waals surface area (Å²) in [5.74, 6) is -0.418. The van der Waals surface area contributed by atoms with Gasteiger partial charge < -0.3 is 0 Å². The average Bonchev–Trinajstić information content (AvgIpc) is 1.69. The van der Waals surface area contributed by atoms with E-state index < -0.39 is 17.5 Å². The second-order valence-electron chi connectivity index (χ2n) is 0.984. The standard InChI is InChI=1S/C4H2ClF2N/c5-1-3(2-8)4(6)7/h1H2. The van der Waals surface area contributed by atoms with Gasteiger partial charge >= 0.3 is 0 Å². The second-order valence-corrected chi connectivity index (χ2v) is 1.25. The summed E-state index contributed by atoms with van der Waals surface area (Å²) >= 11 is 4.90. The molecule has 1 nitrogen and oxygen atoms in total. The number of nitriles is 1. The Morgan fingerprint density at radius 3 is 2.12 bits per heavy atom. The van der Waals surface area contributed by atoms with Gasteiger partial charge in [0.15, 0.2) is 0 Å². The average molecular weight is 138 g/mol. The zero-order valence-corrected chi connectivity index (χ0v) is 4.54. The van der Waals surface area contributed by atoms with Crippen LogP contribution in [0.5, 0.6) is 0 Å². The third-order valence-electron chi connectivity index (χ3n) is 0.497. The lowest BCUT2D eigenvalue weighted by atomic mass is 10.4. The van der Waals surface area contributed by atoms with E-state index in [9.17, 15) is 8.78 Å². The van der Waals surface area contributed by atoms with Gasteiger partial charge in [0, 0.05) is 0 Å². The van der Waals surface area contributed by atoms with Gasteiger partial charge in [-0.05, 0) is 0 Å². The molecule has 8 heavy (non-hydrogen) atoms. The summed E-state index contributed by atoms with van der Waals surface area (Å²) in [5, 5.41) is 7.82. The topological polar surface area (TPSA) is 23.8 Å². The summed E-state index contributed by atoms with van der Waals surface area (Å²) in [4.78, 5) is 0. The molecule has 0 aliphatic rings. The smallest absolute Gasteiger partial charge is 0.193 e. The minimum atomic E-state index is -2.00. The van der Waals surface area contributed by atoms with Crippen molar-refractivity contribution in [1.82, 2.24) is 0 Å². The first-order valence-corrected chi connectivity index (χ1v) is 2.26. The van der Waals surface area contributed by atoms with Crippen LogP contribution in [0.1, 0.15) is 0 Å². The Bertz CT molecular complexity index is 143. The summed E-state index contributed by atoms with van der Waals surface area (Å²) < 4.78 is 22.5. The van der Waals surface area contributed by atoms with Gasteiger partial charge in [0.05, 0.1) is 5.88 Å². The molecule has 0 N–H and O–H groups in total. The Hall–Kier alpha value is -0.620. The van der Waals surface area contributed by atoms with Crippen molar-refractivity contribution < 1.29 is 8.78 Å². The van der Waals surface area contributed by atoms with Gasteiger partial charge in [0.2, 0.25) is 0 Å². The molecule has 0 aromatic heterocycles. The molecule has 0 aliphatic heterocycles. The van der Waals surface area contributed by atoms with E-state index in [2.05, 4.69) is 0 Å². The largest absolute Gasteiger partial charge is 0.285 e. The second kappa shape index (κ2) is 3.39. The van der Waals surface area contributed by atoms with E-state index in [0.717, 1.165) is 0 Å². The first kappa shape index (κ1) is 7.38. The van der Waals surface area contributed by atoms with E-state index in [-0.39, 0.29) is 0 Å². The highest BCUT2D eigenvalue weighted by atomic mass is 35.5. The van der Waals surface area contributed by atoms with Crippen molar-refractivity contribution in [2.75, 3.05) is 5.88 Å². The number of rotatable bonds is 1. The van der Waals surface area contributed by atoms with Crippen molar-refractivity contribution in [3.8, 4) is 6.07 Å². The van der Waals surface area contributed by atoms with E-state index in [1.54, 1.807) is 0 Å². The summed E-state index contributed by atoms with van der Waals surface area (Å²) in [6.07, 6.45) is -2.00. The molecule has 0 aromatic rings. The maximum absolute atomic E-state index is 11.3. The number of halogens is 3. The highest BCUT2D eigenvalue weighted by molar-refractivity contribution is 6.19. The van der Waals surface area contributed by atoms with Crippen LogP contribution in [0.3, 0.4) is 0 Å². The first-order chi connectivity index (χ1) is 3.72. The Morgan fingerprint density at radius 1 is 1.62 bits per heavy atom. The van der Waals surface area contributed by atoms with Gasteiger partial charge in [-0.15, -0.1) is 11.6 Å². The predicted octanol–water partition coefficient (Wildman–Crippen LogP) is 1.90. The Morgan fingerprint density at radius 2 is 2.12 bits per heavy atom. The van der Waals surface area contributed by atoms with Crippen LogP contribution in [0.2, 0.25) is 0 Å². The molecule has 0 rings (SSSR count). The molecular weight excluding hydrogens is 136 g/mol. The van der Waals surface area contributed by atoms with E-state index >= 15 is 0 Å². The molecule has 0 saturated heterocycles. The summed E-state index contributed by atoms with van der Waals surface area (Å²) in [6.45, 7) is 0. The molecule has 4 heteroatoms. The molecule has 44 valence electrons. The minimum Gasteiger partial charge on any atom is -0.193 e. The van der Waals surface area contributed by atoms with Crippen LogP contribution in [0.25, 0.3) is 0 Å². The van der Waals surface area contributed by atoms with Crippen molar-refractivity contribution in [1.29, 1.82) is 5.26 Å². The summed E-state index contributed by atoms with van der Waals surface area (Å²) in [5.41, 5.74) is -0.660. The van der Waals surface area contributed by atoms with Gasteiger partial charge in [-0.2, -0.15) is 14.0 Å². The van der Waals surface area contributed by atoms with Crippen LogP contribution in [-0.4, -0.2) is 5.88 Å². The molecule has 0 bridgehead atoms. The Balaban J connectivity index is 4.15. The minimum absolute atomic E-state index is 0.418. The Labute approximate surface area is 50.2 Å². The third kappa shape index (κ3) is 1.90. The lowest BCUT2D eigenvalue weighted by molar-refractivity contribution is 0.415. The maximum atomic E-state index is 11.3. The molecule has 0 radical (unpaired) electrons. The number of allylic oxidation sites excluding steroid dienone is 1. The summed E-state index contributed by atoms with van der Waals surface area (Å²) in [7, 11) is 0. The van der Waals surface area contributed by atoms with Crippen molar-refractivity contribution in [2.45, 2.75) is 0 Å². The van der Waals surface area contributed by atoms with E-state index in [1.165, 1.54) is 6.07 Å². The molecule has 0 amide bonds. The molecule has 0 saturated carbocycles. The summed E-state index contributed by atoms with van der Waals surface area (Å²) in [6, 6.07) is 1.25. The van der Waals surface area contributed by atoms with Crippen LogP contribution in [0, 0.1) is 11.3 Å². The van der Waals surface area contributed by atoms with E-state index in [0.29, 0.717) is 0 Å². The predicted molar refractivity (Wildman–Crippen MR) is 25.6 cm³/mol. The van der Waals surface area contributed by atoms with Crippen molar-refractivity contribution in [2.24, 2.45) is 0 Å². The number of hydrogen-bond acceptors (Lipinski definition) is 1. The third-order valence-corrected chi connectivity index (χ3v) is 0.764. The highest BCUT2D eigenvalue weighted by Gasteiger charge is 2.00. The molecule has 0 aromatic carbocycles. The first-order valence-electron chi connectivity index (χ1n) is 1.72. The number of nitrogens with zero attached hydrogens (tertiary/aromatic N) is 1. The number of hydrogen-bond donors (Lipinski definition) is 0. The maximum Gasteiger partial charge on any atom is 0.285 e. The van der Waals surface area contributed by atoms with Gasteiger partial charge in [0.1, 0.15) is 11.6 Å². The zero-order valence-electron chi connectivity index (χ0n) is 3.79. The van der Waals surface area contributed by atoms with Gasteiger partial charge in [-0.3, -0.25) is 0 Å². The normalized spacial score (nSPS) is 7.75. The van der Waals surface area contributed by atoms with Crippen molar-refractivity contribution in [3.63, 3.8) is 0 Å². The van der Waals surface area contributed by atoms with Crippen molar-refractivity contribution in [3.05, 3.63) is 11.7 Å². The quantitative estimate of drug-likeness (QED) is 0.400. The van der Waals surface area contributed by atoms with Crippen LogP contribution in [0.4, 0.5) is 8.78 Å². The van der Waals surface area contributed by atoms with Gasteiger partial charge in [0.25, 0.3) is 6.08 Å². The molecule has 0 spiro atoms. The molecule has 0 heterocycles. The molecule has 0 fully saturated rings. The zero-order chi connectivity index (χ0) is 6.57. The fourth-order valence-electron chi connectivity index (χ4n) is 0.123. The lowest BCUT2D eigenvalue weighted by Crippen LogP contribution is -1.79. The molecule has 0 unspecified atom stereocenters. The van der Waals surface area contributed by atoms with E-state index in [1.807, 2.05) is 0 Å². The SMILES string of the molecule is N#CC(CCl)=C(F)F. The fraction of sp³-hybridized carbons (Fsp3) is 0.250. The molecular formula is C4H2ClF2N. The van der Waals surface area contributed by atoms with Gasteiger partial charge in [-0.1, -0.05) is 0 Å². The highest BCUT2D eigenvalue weighted by Crippen LogP contribution is 2.06. The number of alkyl halides is 1. The fourth-order valence-corrected chi connectivity index (χ4v) is 0.283. The van der Waals surface area contributed by atoms with Crippen LogP contribution in [0.15, 0.2) is 11.7 Å².